The van der Waals surface area contributed by atoms with E-state index in [-0.39, 0.29) is 11.2 Å². The van der Waals surface area contributed by atoms with E-state index in [1.165, 1.54) is 17.8 Å². The van der Waals surface area contributed by atoms with Crippen LogP contribution >= 0.6 is 11.8 Å². The van der Waals surface area contributed by atoms with Crippen LogP contribution in [-0.2, 0) is 7.05 Å². The number of halogens is 1. The molecule has 0 radical (unpaired) electrons. The Hall–Kier alpha value is -1.93. The van der Waals surface area contributed by atoms with Crippen molar-refractivity contribution in [2.75, 3.05) is 7.05 Å². The zero-order chi connectivity index (χ0) is 15.6. The molecule has 0 saturated heterocycles. The summed E-state index contributed by atoms with van der Waals surface area (Å²) in [5.41, 5.74) is -0.875. The third-order valence-electron chi connectivity index (χ3n) is 3.04. The molecule has 21 heavy (non-hydrogen) atoms. The number of hydrogen-bond acceptors (Lipinski definition) is 5. The van der Waals surface area contributed by atoms with Crippen molar-refractivity contribution in [2.24, 2.45) is 7.05 Å². The molecule has 0 aliphatic heterocycles. The normalized spacial score (nSPS) is 12.4. The number of nitrogens with zero attached hydrogens (tertiary/aromatic N) is 2. The topological polar surface area (TPSA) is 79.8 Å². The van der Waals surface area contributed by atoms with Crippen LogP contribution in [0.5, 0.6) is 0 Å². The lowest BCUT2D eigenvalue weighted by atomic mass is 10.1. The van der Waals surface area contributed by atoms with Crippen LogP contribution < -0.4 is 16.4 Å². The van der Waals surface area contributed by atoms with Gasteiger partial charge in [-0.15, -0.1) is 0 Å². The fraction of sp³-hybridized carbons (Fsp3) is 0.308. The zero-order valence-corrected chi connectivity index (χ0v) is 12.6. The number of H-pyrrole nitrogens is 1. The Bertz CT molecular complexity index is 771. The Morgan fingerprint density at radius 1 is 1.43 bits per heavy atom. The first-order valence-electron chi connectivity index (χ1n) is 6.24. The van der Waals surface area contributed by atoms with Crippen molar-refractivity contribution in [3.63, 3.8) is 0 Å². The molecule has 1 unspecified atom stereocenters. The summed E-state index contributed by atoms with van der Waals surface area (Å²) in [6.07, 6.45) is 0. The number of rotatable bonds is 4. The molecular formula is C13H15FN4O2S. The molecule has 0 aliphatic rings. The van der Waals surface area contributed by atoms with Crippen molar-refractivity contribution in [3.8, 4) is 0 Å². The van der Waals surface area contributed by atoms with Gasteiger partial charge in [0, 0.05) is 13.1 Å². The maximum atomic E-state index is 14.1. The minimum atomic E-state index is -0.892. The highest BCUT2D eigenvalue weighted by atomic mass is 32.2. The molecule has 0 fully saturated rings. The van der Waals surface area contributed by atoms with E-state index in [4.69, 9.17) is 0 Å². The Labute approximate surface area is 124 Å². The van der Waals surface area contributed by atoms with E-state index in [0.717, 1.165) is 17.3 Å². The van der Waals surface area contributed by atoms with Crippen LogP contribution in [0.25, 0.3) is 0 Å². The first-order valence-corrected chi connectivity index (χ1v) is 7.06. The molecule has 112 valence electrons. The summed E-state index contributed by atoms with van der Waals surface area (Å²) in [5.74, 6) is -0.403. The number of benzene rings is 1. The molecule has 1 heterocycles. The van der Waals surface area contributed by atoms with Gasteiger partial charge in [-0.2, -0.15) is 4.98 Å². The van der Waals surface area contributed by atoms with E-state index in [2.05, 4.69) is 15.4 Å². The summed E-state index contributed by atoms with van der Waals surface area (Å²) in [6.45, 7) is 1.93. The summed E-state index contributed by atoms with van der Waals surface area (Å²) in [5, 5.41) is 5.56. The largest absolute Gasteiger partial charge is 0.339 e. The Balaban J connectivity index is 2.34. The van der Waals surface area contributed by atoms with Gasteiger partial charge in [0.2, 0.25) is 0 Å². The fourth-order valence-corrected chi connectivity index (χ4v) is 2.49. The predicted molar refractivity (Wildman–Crippen MR) is 78.1 cm³/mol. The summed E-state index contributed by atoms with van der Waals surface area (Å²) in [6, 6.07) is 4.90. The molecule has 8 heteroatoms. The molecule has 1 aromatic heterocycles. The molecule has 2 aromatic rings. The molecule has 2 N–H and O–H groups in total. The minimum Gasteiger partial charge on any atom is -0.313 e. The van der Waals surface area contributed by atoms with Crippen LogP contribution in [0.15, 0.2) is 37.8 Å². The monoisotopic (exact) mass is 310 g/mol. The Morgan fingerprint density at radius 2 is 2.14 bits per heavy atom. The molecule has 0 spiro atoms. The highest BCUT2D eigenvalue weighted by Gasteiger charge is 2.12. The van der Waals surface area contributed by atoms with E-state index >= 15 is 0 Å². The average molecular weight is 310 g/mol. The molecule has 0 bridgehead atoms. The number of nitrogens with one attached hydrogen (secondary N) is 2. The molecule has 1 aromatic carbocycles. The lowest BCUT2D eigenvalue weighted by molar-refractivity contribution is 0.580. The third-order valence-corrected chi connectivity index (χ3v) is 4.14. The van der Waals surface area contributed by atoms with Gasteiger partial charge in [-0.1, -0.05) is 6.07 Å². The van der Waals surface area contributed by atoms with Crippen molar-refractivity contribution in [2.45, 2.75) is 23.0 Å². The molecule has 0 amide bonds. The van der Waals surface area contributed by atoms with Crippen molar-refractivity contribution in [3.05, 3.63) is 50.3 Å². The maximum absolute atomic E-state index is 14.1. The van der Waals surface area contributed by atoms with Gasteiger partial charge in [0.15, 0.2) is 5.16 Å². The van der Waals surface area contributed by atoms with Gasteiger partial charge in [-0.05, 0) is 43.4 Å². The summed E-state index contributed by atoms with van der Waals surface area (Å²) < 4.78 is 15.4. The van der Waals surface area contributed by atoms with Crippen molar-refractivity contribution in [1.29, 1.82) is 0 Å². The first-order chi connectivity index (χ1) is 9.92. The lowest BCUT2D eigenvalue weighted by Gasteiger charge is -2.12. The van der Waals surface area contributed by atoms with Gasteiger partial charge < -0.3 is 5.32 Å². The first kappa shape index (κ1) is 15.5. The van der Waals surface area contributed by atoms with Crippen LogP contribution in [-0.4, -0.2) is 21.8 Å². The second-order valence-electron chi connectivity index (χ2n) is 4.50. The summed E-state index contributed by atoms with van der Waals surface area (Å²) >= 11 is 0.978. The van der Waals surface area contributed by atoms with Crippen LogP contribution in [0.3, 0.4) is 0 Å². The Morgan fingerprint density at radius 3 is 2.76 bits per heavy atom. The van der Waals surface area contributed by atoms with Gasteiger partial charge >= 0.3 is 11.1 Å². The minimum absolute atomic E-state index is 0.0362. The fourth-order valence-electron chi connectivity index (χ4n) is 1.69. The number of hydrogen-bond donors (Lipinski definition) is 2. The standard InChI is InChI=1S/C13H15FN4O2S/c1-7(15-2)8-4-5-10(9(14)6-8)21-13-16-11(19)12(20)17-18(13)3/h4-7,15H,1-3H3,(H,17,20). The smallest absolute Gasteiger partial charge is 0.313 e. The molecule has 2 rings (SSSR count). The highest BCUT2D eigenvalue weighted by Crippen LogP contribution is 2.28. The maximum Gasteiger partial charge on any atom is 0.339 e. The van der Waals surface area contributed by atoms with E-state index < -0.39 is 16.9 Å². The van der Waals surface area contributed by atoms with Crippen LogP contribution in [0.1, 0.15) is 18.5 Å². The van der Waals surface area contributed by atoms with Crippen molar-refractivity contribution < 1.29 is 4.39 Å². The van der Waals surface area contributed by atoms with E-state index in [9.17, 15) is 14.0 Å². The van der Waals surface area contributed by atoms with Gasteiger partial charge in [-0.25, -0.2) is 4.39 Å². The molecule has 0 saturated carbocycles. The predicted octanol–water partition coefficient (Wildman–Crippen LogP) is 1.04. The van der Waals surface area contributed by atoms with Crippen LogP contribution in [0.4, 0.5) is 4.39 Å². The number of aromatic amines is 1. The van der Waals surface area contributed by atoms with E-state index in [0.29, 0.717) is 4.90 Å². The van der Waals surface area contributed by atoms with Gasteiger partial charge in [0.25, 0.3) is 0 Å². The molecule has 6 nitrogen and oxygen atoms in total. The van der Waals surface area contributed by atoms with Crippen molar-refractivity contribution >= 4 is 11.8 Å². The number of aromatic nitrogens is 3. The SMILES string of the molecule is CNC(C)c1ccc(Sc2nc(=O)c(=O)[nH]n2C)c(F)c1. The van der Waals surface area contributed by atoms with Crippen molar-refractivity contribution in [1.82, 2.24) is 20.1 Å². The van der Waals surface area contributed by atoms with Crippen LogP contribution in [0, 0.1) is 5.82 Å². The van der Waals surface area contributed by atoms with Crippen LogP contribution in [0.2, 0.25) is 0 Å². The molecule has 0 aliphatic carbocycles. The summed E-state index contributed by atoms with van der Waals surface area (Å²) in [7, 11) is 3.33. The highest BCUT2D eigenvalue weighted by molar-refractivity contribution is 7.99. The summed E-state index contributed by atoms with van der Waals surface area (Å²) in [4.78, 5) is 26.3. The molecule has 1 atom stereocenters. The van der Waals surface area contributed by atoms with Gasteiger partial charge in [0.05, 0.1) is 4.90 Å². The number of aryl methyl sites for hydroxylation is 1. The second kappa shape index (κ2) is 6.23. The zero-order valence-electron chi connectivity index (χ0n) is 11.8. The lowest BCUT2D eigenvalue weighted by Crippen LogP contribution is -2.33. The third kappa shape index (κ3) is 3.40. The Kier molecular flexibility index (Phi) is 4.59. The molecular weight excluding hydrogens is 295 g/mol. The second-order valence-corrected chi connectivity index (χ2v) is 5.51. The van der Waals surface area contributed by atoms with E-state index in [1.54, 1.807) is 19.2 Å². The average Bonchev–Trinajstić information content (AvgIpc) is 2.45. The van der Waals surface area contributed by atoms with Gasteiger partial charge in [-0.3, -0.25) is 19.4 Å². The quantitative estimate of drug-likeness (QED) is 0.825. The van der Waals surface area contributed by atoms with E-state index in [1.807, 2.05) is 6.92 Å². The van der Waals surface area contributed by atoms with Gasteiger partial charge in [0.1, 0.15) is 5.82 Å².